The molecule has 0 unspecified atom stereocenters. The van der Waals surface area contributed by atoms with E-state index in [4.69, 9.17) is 5.26 Å². The molecule has 0 N–H and O–H groups in total. The summed E-state index contributed by atoms with van der Waals surface area (Å²) in [5.41, 5.74) is 1.80. The Morgan fingerprint density at radius 3 is 2.92 bits per heavy atom. The van der Waals surface area contributed by atoms with Crippen LogP contribution >= 0.6 is 0 Å². The van der Waals surface area contributed by atoms with Gasteiger partial charge >= 0.3 is 0 Å². The summed E-state index contributed by atoms with van der Waals surface area (Å²) in [5.74, 6) is 0.643. The minimum Gasteiger partial charge on any atom is -0.255 e. The van der Waals surface area contributed by atoms with Gasteiger partial charge in [0.15, 0.2) is 0 Å². The number of hydrogen-bond donors (Lipinski definition) is 0. The third-order valence-corrected chi connectivity index (χ3v) is 2.21. The van der Waals surface area contributed by atoms with Crippen molar-refractivity contribution < 1.29 is 0 Å². The normalized spacial score (nSPS) is 16.0. The molecule has 0 spiro atoms. The van der Waals surface area contributed by atoms with Gasteiger partial charge in [0.25, 0.3) is 0 Å². The Hall–Kier alpha value is -1.30. The van der Waals surface area contributed by atoms with Crippen molar-refractivity contribution in [3.8, 4) is 6.07 Å². The summed E-state index contributed by atoms with van der Waals surface area (Å²) >= 11 is 0. The minimum absolute atomic E-state index is 0.643. The SMILES string of the molecule is CCn1nc(C2CC2)cc1C#N. The Labute approximate surface area is 71.6 Å². The average molecular weight is 161 g/mol. The first-order valence-corrected chi connectivity index (χ1v) is 4.33. The van der Waals surface area contributed by atoms with Crippen LogP contribution in [0.5, 0.6) is 0 Å². The fourth-order valence-electron chi connectivity index (χ4n) is 1.35. The summed E-state index contributed by atoms with van der Waals surface area (Å²) in [5, 5.41) is 13.1. The second kappa shape index (κ2) is 2.63. The van der Waals surface area contributed by atoms with Crippen LogP contribution in [0.25, 0.3) is 0 Å². The molecule has 3 heteroatoms. The van der Waals surface area contributed by atoms with Gasteiger partial charge in [0.2, 0.25) is 0 Å². The first kappa shape index (κ1) is 7.35. The van der Waals surface area contributed by atoms with Gasteiger partial charge in [-0.1, -0.05) is 0 Å². The van der Waals surface area contributed by atoms with Crippen LogP contribution in [0.4, 0.5) is 0 Å². The maximum absolute atomic E-state index is 8.75. The lowest BCUT2D eigenvalue weighted by molar-refractivity contribution is 0.639. The van der Waals surface area contributed by atoms with Crippen molar-refractivity contribution in [2.45, 2.75) is 32.2 Å². The molecule has 0 amide bonds. The van der Waals surface area contributed by atoms with Crippen LogP contribution < -0.4 is 0 Å². The highest BCUT2D eigenvalue weighted by atomic mass is 15.3. The van der Waals surface area contributed by atoms with Crippen LogP contribution in [-0.2, 0) is 6.54 Å². The van der Waals surface area contributed by atoms with E-state index in [9.17, 15) is 0 Å². The van der Waals surface area contributed by atoms with Crippen LogP contribution in [0.3, 0.4) is 0 Å². The second-order valence-corrected chi connectivity index (χ2v) is 3.16. The fraction of sp³-hybridized carbons (Fsp3) is 0.556. The van der Waals surface area contributed by atoms with E-state index in [0.717, 1.165) is 12.2 Å². The van der Waals surface area contributed by atoms with Gasteiger partial charge in [-0.05, 0) is 25.8 Å². The Balaban J connectivity index is 2.35. The van der Waals surface area contributed by atoms with E-state index in [1.165, 1.54) is 12.8 Å². The Morgan fingerprint density at radius 1 is 1.75 bits per heavy atom. The number of aryl methyl sites for hydroxylation is 1. The van der Waals surface area contributed by atoms with Gasteiger partial charge in [-0.15, -0.1) is 0 Å². The molecule has 0 aromatic carbocycles. The molecule has 0 bridgehead atoms. The predicted molar refractivity (Wildman–Crippen MR) is 44.6 cm³/mol. The van der Waals surface area contributed by atoms with Gasteiger partial charge in [0.05, 0.1) is 5.69 Å². The average Bonchev–Trinajstić information content (AvgIpc) is 2.85. The van der Waals surface area contributed by atoms with Crippen molar-refractivity contribution in [3.05, 3.63) is 17.5 Å². The molecule has 1 aromatic heterocycles. The molecule has 3 nitrogen and oxygen atoms in total. The zero-order valence-corrected chi connectivity index (χ0v) is 7.12. The fourth-order valence-corrected chi connectivity index (χ4v) is 1.35. The molecular weight excluding hydrogens is 150 g/mol. The molecule has 62 valence electrons. The topological polar surface area (TPSA) is 41.6 Å². The lowest BCUT2D eigenvalue weighted by atomic mass is 10.3. The highest BCUT2D eigenvalue weighted by Crippen LogP contribution is 2.39. The van der Waals surface area contributed by atoms with Crippen LogP contribution in [0.1, 0.15) is 37.1 Å². The Bertz CT molecular complexity index is 328. The summed E-state index contributed by atoms with van der Waals surface area (Å²) < 4.78 is 1.77. The molecule has 1 saturated carbocycles. The smallest absolute Gasteiger partial charge is 0.138 e. The van der Waals surface area contributed by atoms with Crippen molar-refractivity contribution in [3.63, 3.8) is 0 Å². The molecule has 0 aliphatic heterocycles. The molecule has 1 aromatic rings. The van der Waals surface area contributed by atoms with E-state index in [0.29, 0.717) is 11.6 Å². The molecule has 1 aliphatic carbocycles. The standard InChI is InChI=1S/C9H11N3/c1-2-12-8(6-10)5-9(11-12)7-3-4-7/h5,7H,2-4H2,1H3. The molecule has 1 fully saturated rings. The van der Waals surface area contributed by atoms with Crippen molar-refractivity contribution in [2.24, 2.45) is 0 Å². The lowest BCUT2D eigenvalue weighted by Crippen LogP contribution is -1.99. The summed E-state index contributed by atoms with van der Waals surface area (Å²) in [6.45, 7) is 2.79. The van der Waals surface area contributed by atoms with E-state index >= 15 is 0 Å². The zero-order chi connectivity index (χ0) is 8.55. The highest BCUT2D eigenvalue weighted by molar-refractivity contribution is 5.27. The van der Waals surface area contributed by atoms with E-state index in [-0.39, 0.29) is 0 Å². The molecule has 1 heterocycles. The van der Waals surface area contributed by atoms with Gasteiger partial charge in [-0.25, -0.2) is 0 Å². The molecule has 0 saturated heterocycles. The van der Waals surface area contributed by atoms with Crippen molar-refractivity contribution in [1.82, 2.24) is 9.78 Å². The number of rotatable bonds is 2. The third-order valence-electron chi connectivity index (χ3n) is 2.21. The largest absolute Gasteiger partial charge is 0.255 e. The summed E-state index contributed by atoms with van der Waals surface area (Å²) in [6, 6.07) is 4.07. The monoisotopic (exact) mass is 161 g/mol. The van der Waals surface area contributed by atoms with Gasteiger partial charge < -0.3 is 0 Å². The van der Waals surface area contributed by atoms with Gasteiger partial charge in [-0.3, -0.25) is 4.68 Å². The van der Waals surface area contributed by atoms with E-state index in [2.05, 4.69) is 11.2 Å². The Morgan fingerprint density at radius 2 is 2.50 bits per heavy atom. The maximum atomic E-state index is 8.75. The highest BCUT2D eigenvalue weighted by Gasteiger charge is 2.26. The molecule has 12 heavy (non-hydrogen) atoms. The van der Waals surface area contributed by atoms with Crippen molar-refractivity contribution >= 4 is 0 Å². The Kier molecular flexibility index (Phi) is 1.61. The van der Waals surface area contributed by atoms with Gasteiger partial charge in [0, 0.05) is 12.5 Å². The summed E-state index contributed by atoms with van der Waals surface area (Å²) in [4.78, 5) is 0. The first-order valence-electron chi connectivity index (χ1n) is 4.33. The predicted octanol–water partition coefficient (Wildman–Crippen LogP) is 1.65. The molecule has 2 rings (SSSR count). The quantitative estimate of drug-likeness (QED) is 0.661. The van der Waals surface area contributed by atoms with E-state index in [1.54, 1.807) is 4.68 Å². The summed E-state index contributed by atoms with van der Waals surface area (Å²) in [7, 11) is 0. The van der Waals surface area contributed by atoms with E-state index in [1.807, 2.05) is 13.0 Å². The molecule has 1 aliphatic rings. The number of nitriles is 1. The van der Waals surface area contributed by atoms with Crippen LogP contribution in [0.15, 0.2) is 6.07 Å². The molecule has 0 radical (unpaired) electrons. The number of nitrogens with zero attached hydrogens (tertiary/aromatic N) is 3. The van der Waals surface area contributed by atoms with Crippen molar-refractivity contribution in [2.75, 3.05) is 0 Å². The van der Waals surface area contributed by atoms with Gasteiger partial charge in [-0.2, -0.15) is 10.4 Å². The lowest BCUT2D eigenvalue weighted by Gasteiger charge is -1.94. The third kappa shape index (κ3) is 1.10. The van der Waals surface area contributed by atoms with Crippen LogP contribution in [-0.4, -0.2) is 9.78 Å². The number of aromatic nitrogens is 2. The van der Waals surface area contributed by atoms with Crippen molar-refractivity contribution in [1.29, 1.82) is 5.26 Å². The zero-order valence-electron chi connectivity index (χ0n) is 7.12. The molecule has 0 atom stereocenters. The van der Waals surface area contributed by atoms with Gasteiger partial charge in [0.1, 0.15) is 11.8 Å². The minimum atomic E-state index is 0.643. The number of hydrogen-bond acceptors (Lipinski definition) is 2. The van der Waals surface area contributed by atoms with Crippen LogP contribution in [0.2, 0.25) is 0 Å². The summed E-state index contributed by atoms with van der Waals surface area (Å²) in [6.07, 6.45) is 2.48. The maximum Gasteiger partial charge on any atom is 0.138 e. The van der Waals surface area contributed by atoms with Crippen LogP contribution in [0, 0.1) is 11.3 Å². The second-order valence-electron chi connectivity index (χ2n) is 3.16. The molecular formula is C9H11N3. The van der Waals surface area contributed by atoms with E-state index < -0.39 is 0 Å². The first-order chi connectivity index (χ1) is 5.85.